The van der Waals surface area contributed by atoms with Gasteiger partial charge < -0.3 is 4.74 Å². The smallest absolute Gasteiger partial charge is 0.118 e. The minimum Gasteiger partial charge on any atom is -0.366 e. The summed E-state index contributed by atoms with van der Waals surface area (Å²) in [5, 5.41) is 0. The lowest BCUT2D eigenvalue weighted by Crippen LogP contribution is -2.32. The molecule has 0 heterocycles. The maximum Gasteiger partial charge on any atom is 0.118 e. The highest BCUT2D eigenvalue weighted by Gasteiger charge is 2.34. The van der Waals surface area contributed by atoms with Crippen molar-refractivity contribution in [1.82, 2.24) is 0 Å². The molecule has 0 atom stereocenters. The van der Waals surface area contributed by atoms with Crippen molar-refractivity contribution in [3.8, 4) is 0 Å². The molecule has 1 nitrogen and oxygen atoms in total. The van der Waals surface area contributed by atoms with Gasteiger partial charge in [0.05, 0.1) is 0 Å². The number of ether oxygens (including phenoxy) is 1. The van der Waals surface area contributed by atoms with Crippen molar-refractivity contribution < 1.29 is 4.74 Å². The van der Waals surface area contributed by atoms with Crippen molar-refractivity contribution in [3.63, 3.8) is 0 Å². The first kappa shape index (κ1) is 20.7. The van der Waals surface area contributed by atoms with E-state index in [1.807, 2.05) is 0 Å². The first-order valence-electron chi connectivity index (χ1n) is 10.6. The van der Waals surface area contributed by atoms with Crippen LogP contribution in [0.4, 0.5) is 0 Å². The van der Waals surface area contributed by atoms with Crippen molar-refractivity contribution in [2.45, 2.75) is 77.2 Å². The summed E-state index contributed by atoms with van der Waals surface area (Å²) in [6.07, 6.45) is 11.4. The Kier molecular flexibility index (Phi) is 9.48. The molecule has 2 rings (SSSR count). The van der Waals surface area contributed by atoms with Crippen LogP contribution in [0.2, 0.25) is 0 Å². The first-order chi connectivity index (χ1) is 12.8. The molecule has 0 bridgehead atoms. The lowest BCUT2D eigenvalue weighted by molar-refractivity contribution is -0.0263. The van der Waals surface area contributed by atoms with Crippen LogP contribution in [0.15, 0.2) is 60.7 Å². The Morgan fingerprint density at radius 3 is 1.62 bits per heavy atom. The van der Waals surface area contributed by atoms with Crippen LogP contribution in [0.25, 0.3) is 0 Å². The van der Waals surface area contributed by atoms with Gasteiger partial charge in [-0.3, -0.25) is 0 Å². The highest BCUT2D eigenvalue weighted by molar-refractivity contribution is 5.36. The van der Waals surface area contributed by atoms with Crippen molar-refractivity contribution in [2.75, 3.05) is 6.61 Å². The van der Waals surface area contributed by atoms with Gasteiger partial charge in [0.15, 0.2) is 0 Å². The summed E-state index contributed by atoms with van der Waals surface area (Å²) >= 11 is 0. The van der Waals surface area contributed by atoms with E-state index in [4.69, 9.17) is 4.74 Å². The van der Waals surface area contributed by atoms with Gasteiger partial charge in [-0.15, -0.1) is 0 Å². The number of hydrogen-bond donors (Lipinski definition) is 0. The summed E-state index contributed by atoms with van der Waals surface area (Å²) in [4.78, 5) is 0. The Bertz CT molecular complexity index is 536. The van der Waals surface area contributed by atoms with Crippen LogP contribution in [0, 0.1) is 0 Å². The molecule has 0 aliphatic rings. The lowest BCUT2D eigenvalue weighted by atomic mass is 9.81. The minimum atomic E-state index is -0.318. The van der Waals surface area contributed by atoms with Crippen molar-refractivity contribution in [3.05, 3.63) is 71.8 Å². The van der Waals surface area contributed by atoms with Gasteiger partial charge in [-0.1, -0.05) is 113 Å². The second-order valence-electron chi connectivity index (χ2n) is 7.28. The molecule has 0 aliphatic heterocycles. The molecule has 142 valence electrons. The molecular weight excluding hydrogens is 316 g/mol. The number of benzene rings is 2. The monoisotopic (exact) mass is 352 g/mol. The average Bonchev–Trinajstić information content (AvgIpc) is 2.71. The third-order valence-corrected chi connectivity index (χ3v) is 5.17. The second kappa shape index (κ2) is 11.9. The maximum absolute atomic E-state index is 6.60. The van der Waals surface area contributed by atoms with E-state index in [-0.39, 0.29) is 5.60 Å². The summed E-state index contributed by atoms with van der Waals surface area (Å²) in [6, 6.07) is 21.6. The topological polar surface area (TPSA) is 9.23 Å². The van der Waals surface area contributed by atoms with E-state index in [0.717, 1.165) is 19.4 Å². The van der Waals surface area contributed by atoms with E-state index in [2.05, 4.69) is 74.5 Å². The molecule has 0 amide bonds. The molecule has 0 aliphatic carbocycles. The van der Waals surface area contributed by atoms with Crippen molar-refractivity contribution in [2.24, 2.45) is 0 Å². The SMILES string of the molecule is CCCCCCCCCC(OCCC)(c1ccccc1)c1ccccc1. The fourth-order valence-corrected chi connectivity index (χ4v) is 3.72. The van der Waals surface area contributed by atoms with E-state index in [9.17, 15) is 0 Å². The zero-order valence-electron chi connectivity index (χ0n) is 16.8. The molecule has 0 spiro atoms. The van der Waals surface area contributed by atoms with Crippen LogP contribution in [0.1, 0.15) is 82.8 Å². The lowest BCUT2D eigenvalue weighted by Gasteiger charge is -2.35. The van der Waals surface area contributed by atoms with Crippen LogP contribution in [-0.2, 0) is 10.3 Å². The predicted octanol–water partition coefficient (Wildman–Crippen LogP) is 7.50. The fraction of sp³-hybridized carbons (Fsp3) is 0.520. The van der Waals surface area contributed by atoms with Crippen molar-refractivity contribution in [1.29, 1.82) is 0 Å². The molecule has 26 heavy (non-hydrogen) atoms. The number of unbranched alkanes of at least 4 members (excludes halogenated alkanes) is 6. The highest BCUT2D eigenvalue weighted by Crippen LogP contribution is 2.39. The predicted molar refractivity (Wildman–Crippen MR) is 113 cm³/mol. The van der Waals surface area contributed by atoms with E-state index < -0.39 is 0 Å². The fourth-order valence-electron chi connectivity index (χ4n) is 3.72. The first-order valence-corrected chi connectivity index (χ1v) is 10.6. The molecule has 2 aromatic rings. The quantitative estimate of drug-likeness (QED) is 0.339. The molecule has 0 radical (unpaired) electrons. The van der Waals surface area contributed by atoms with E-state index in [0.29, 0.717) is 0 Å². The van der Waals surface area contributed by atoms with Gasteiger partial charge >= 0.3 is 0 Å². The van der Waals surface area contributed by atoms with Gasteiger partial charge in [0.1, 0.15) is 5.60 Å². The molecule has 1 heteroatoms. The van der Waals surface area contributed by atoms with Crippen LogP contribution in [-0.4, -0.2) is 6.61 Å². The minimum absolute atomic E-state index is 0.318. The van der Waals surface area contributed by atoms with Crippen molar-refractivity contribution >= 4 is 0 Å². The van der Waals surface area contributed by atoms with Gasteiger partial charge in [-0.25, -0.2) is 0 Å². The molecule has 0 saturated heterocycles. The molecule has 2 aromatic carbocycles. The Labute approximate surface area is 160 Å². The second-order valence-corrected chi connectivity index (χ2v) is 7.28. The zero-order chi connectivity index (χ0) is 18.5. The Morgan fingerprint density at radius 2 is 1.12 bits per heavy atom. The zero-order valence-corrected chi connectivity index (χ0v) is 16.8. The highest BCUT2D eigenvalue weighted by atomic mass is 16.5. The number of rotatable bonds is 13. The molecule has 0 unspecified atom stereocenters. The van der Waals surface area contributed by atoms with Gasteiger partial charge in [-0.2, -0.15) is 0 Å². The molecule has 0 aromatic heterocycles. The normalized spacial score (nSPS) is 11.6. The summed E-state index contributed by atoms with van der Waals surface area (Å²) in [5.41, 5.74) is 2.25. The van der Waals surface area contributed by atoms with Gasteiger partial charge in [-0.05, 0) is 30.4 Å². The standard InChI is InChI=1S/C25H36O/c1-3-5-6-7-8-9-16-21-25(26-22-4-2,23-17-12-10-13-18-23)24-19-14-11-15-20-24/h10-15,17-20H,3-9,16,21-22H2,1-2H3. The van der Waals surface area contributed by atoms with Crippen LogP contribution < -0.4 is 0 Å². The summed E-state index contributed by atoms with van der Waals surface area (Å²) in [6.45, 7) is 5.26. The van der Waals surface area contributed by atoms with Crippen LogP contribution in [0.3, 0.4) is 0 Å². The number of hydrogen-bond acceptors (Lipinski definition) is 1. The van der Waals surface area contributed by atoms with Crippen LogP contribution in [0.5, 0.6) is 0 Å². The van der Waals surface area contributed by atoms with Crippen LogP contribution >= 0.6 is 0 Å². The molecular formula is C25H36O. The largest absolute Gasteiger partial charge is 0.366 e. The van der Waals surface area contributed by atoms with E-state index in [1.165, 1.54) is 56.1 Å². The van der Waals surface area contributed by atoms with Gasteiger partial charge in [0.25, 0.3) is 0 Å². The average molecular weight is 353 g/mol. The molecule has 0 N–H and O–H groups in total. The molecule has 0 fully saturated rings. The Morgan fingerprint density at radius 1 is 0.615 bits per heavy atom. The van der Waals surface area contributed by atoms with Gasteiger partial charge in [0.2, 0.25) is 0 Å². The Balaban J connectivity index is 2.14. The molecule has 0 saturated carbocycles. The summed E-state index contributed by atoms with van der Waals surface area (Å²) in [7, 11) is 0. The Hall–Kier alpha value is -1.60. The summed E-state index contributed by atoms with van der Waals surface area (Å²) in [5.74, 6) is 0. The third-order valence-electron chi connectivity index (χ3n) is 5.17. The summed E-state index contributed by atoms with van der Waals surface area (Å²) < 4.78 is 6.60. The van der Waals surface area contributed by atoms with Gasteiger partial charge in [0, 0.05) is 6.61 Å². The van der Waals surface area contributed by atoms with E-state index >= 15 is 0 Å². The maximum atomic E-state index is 6.60. The van der Waals surface area contributed by atoms with E-state index in [1.54, 1.807) is 0 Å². The third kappa shape index (κ3) is 5.99.